The van der Waals surface area contributed by atoms with Crippen LogP contribution in [0.3, 0.4) is 0 Å². The topological polar surface area (TPSA) is 66.9 Å². The van der Waals surface area contributed by atoms with Crippen molar-refractivity contribution in [3.05, 3.63) is 28.3 Å². The van der Waals surface area contributed by atoms with Crippen LogP contribution in [-0.2, 0) is 9.59 Å². The van der Waals surface area contributed by atoms with Crippen molar-refractivity contribution in [2.45, 2.75) is 64.5 Å². The fourth-order valence-electron chi connectivity index (χ4n) is 4.91. The molecule has 0 N–H and O–H groups in total. The van der Waals surface area contributed by atoms with Crippen LogP contribution in [0.25, 0.3) is 0 Å². The molecule has 0 aliphatic carbocycles. The van der Waals surface area contributed by atoms with Crippen LogP contribution in [0.1, 0.15) is 62.4 Å². The molecule has 0 radical (unpaired) electrons. The quantitative estimate of drug-likeness (QED) is 0.679. The predicted molar refractivity (Wildman–Crippen MR) is 114 cm³/mol. The molecule has 162 valence electrons. The van der Waals surface area contributed by atoms with Crippen LogP contribution in [0, 0.1) is 12.8 Å². The Kier molecular flexibility index (Phi) is 5.12. The number of hydrogen-bond donors (Lipinski definition) is 0. The average molecular weight is 433 g/mol. The normalized spacial score (nSPS) is 23.6. The zero-order valence-corrected chi connectivity index (χ0v) is 18.8. The number of amides is 2. The van der Waals surface area contributed by atoms with Crippen molar-refractivity contribution < 1.29 is 19.1 Å². The number of piperidine rings is 1. The van der Waals surface area contributed by atoms with Crippen LogP contribution >= 0.6 is 11.6 Å². The molecule has 1 atom stereocenters. The fraction of sp³-hybridized carbons (Fsp3) is 0.609. The Morgan fingerprint density at radius 1 is 1.20 bits per heavy atom. The summed E-state index contributed by atoms with van der Waals surface area (Å²) in [6.07, 6.45) is 1.80. The molecule has 0 saturated carbocycles. The van der Waals surface area contributed by atoms with Crippen molar-refractivity contribution in [2.24, 2.45) is 5.92 Å². The lowest BCUT2D eigenvalue weighted by atomic mass is 9.81. The predicted octanol–water partition coefficient (Wildman–Crippen LogP) is 3.62. The third-order valence-electron chi connectivity index (χ3n) is 6.61. The minimum Gasteiger partial charge on any atom is -0.486 e. The van der Waals surface area contributed by atoms with Gasteiger partial charge in [0.15, 0.2) is 5.78 Å². The first-order chi connectivity index (χ1) is 14.0. The van der Waals surface area contributed by atoms with Gasteiger partial charge in [-0.25, -0.2) is 0 Å². The number of nitrogens with zero attached hydrogens (tertiary/aromatic N) is 2. The molecule has 1 unspecified atom stereocenters. The highest BCUT2D eigenvalue weighted by molar-refractivity contribution is 6.31. The molecular weight excluding hydrogens is 404 g/mol. The number of hydrogen-bond acceptors (Lipinski definition) is 4. The largest absolute Gasteiger partial charge is 0.486 e. The first kappa shape index (κ1) is 21.2. The lowest BCUT2D eigenvalue weighted by Gasteiger charge is -2.44. The maximum atomic E-state index is 13.1. The van der Waals surface area contributed by atoms with E-state index in [1.807, 2.05) is 38.7 Å². The second kappa shape index (κ2) is 7.26. The zero-order chi connectivity index (χ0) is 21.8. The molecule has 3 aliphatic heterocycles. The van der Waals surface area contributed by atoms with Crippen LogP contribution in [0.2, 0.25) is 5.02 Å². The highest BCUT2D eigenvalue weighted by atomic mass is 35.5. The molecule has 2 amide bonds. The second-order valence-corrected chi connectivity index (χ2v) is 10.3. The standard InChI is InChI=1S/C23H29ClN2O4/c1-14-9-16(24)11-17-18(27)12-23(30-20(14)17)5-7-25(8-6-23)21(29)15-10-19(28)26(13-15)22(2,3)4/h9,11,15H,5-8,10,12-13H2,1-4H3. The number of ketones is 1. The Morgan fingerprint density at radius 3 is 2.47 bits per heavy atom. The van der Waals surface area contributed by atoms with Gasteiger partial charge in [0.25, 0.3) is 0 Å². The number of rotatable bonds is 1. The van der Waals surface area contributed by atoms with E-state index in [-0.39, 0.29) is 35.5 Å². The van der Waals surface area contributed by atoms with Crippen LogP contribution in [0.4, 0.5) is 0 Å². The minimum absolute atomic E-state index is 0.0375. The highest BCUT2D eigenvalue weighted by Gasteiger charge is 2.46. The number of aryl methyl sites for hydroxylation is 1. The summed E-state index contributed by atoms with van der Waals surface area (Å²) in [7, 11) is 0. The number of fused-ring (bicyclic) bond motifs is 1. The summed E-state index contributed by atoms with van der Waals surface area (Å²) >= 11 is 6.11. The van der Waals surface area contributed by atoms with E-state index in [0.717, 1.165) is 5.56 Å². The van der Waals surface area contributed by atoms with Gasteiger partial charge in [0.2, 0.25) is 11.8 Å². The number of ether oxygens (including phenoxy) is 1. The van der Waals surface area contributed by atoms with Crippen LogP contribution < -0.4 is 4.74 Å². The average Bonchev–Trinajstić information content (AvgIpc) is 3.05. The summed E-state index contributed by atoms with van der Waals surface area (Å²) in [4.78, 5) is 41.9. The third-order valence-corrected chi connectivity index (χ3v) is 6.83. The van der Waals surface area contributed by atoms with E-state index in [1.165, 1.54) is 0 Å². The number of benzene rings is 1. The van der Waals surface area contributed by atoms with Gasteiger partial charge >= 0.3 is 0 Å². The van der Waals surface area contributed by atoms with Crippen LogP contribution in [0.15, 0.2) is 12.1 Å². The van der Waals surface area contributed by atoms with Crippen LogP contribution in [-0.4, -0.2) is 58.2 Å². The Labute approximate surface area is 182 Å². The Bertz CT molecular complexity index is 913. The van der Waals surface area contributed by atoms with Crippen molar-refractivity contribution >= 4 is 29.2 Å². The maximum absolute atomic E-state index is 13.1. The molecular formula is C23H29ClN2O4. The fourth-order valence-corrected chi connectivity index (χ4v) is 5.18. The van der Waals surface area contributed by atoms with E-state index in [0.29, 0.717) is 55.2 Å². The summed E-state index contributed by atoms with van der Waals surface area (Å²) in [5, 5.41) is 0.537. The molecule has 7 heteroatoms. The van der Waals surface area contributed by atoms with Gasteiger partial charge in [-0.15, -0.1) is 0 Å². The first-order valence-corrected chi connectivity index (χ1v) is 11.0. The molecule has 3 heterocycles. The smallest absolute Gasteiger partial charge is 0.227 e. The summed E-state index contributed by atoms with van der Waals surface area (Å²) in [5.41, 5.74) is 0.566. The molecule has 1 spiro atoms. The van der Waals surface area contributed by atoms with Crippen molar-refractivity contribution in [3.63, 3.8) is 0 Å². The van der Waals surface area contributed by atoms with Gasteiger partial charge in [-0.05, 0) is 45.4 Å². The molecule has 2 saturated heterocycles. The molecule has 4 rings (SSSR count). The van der Waals surface area contributed by atoms with Gasteiger partial charge < -0.3 is 14.5 Å². The zero-order valence-electron chi connectivity index (χ0n) is 18.1. The molecule has 3 aliphatic rings. The van der Waals surface area contributed by atoms with Gasteiger partial charge in [0.1, 0.15) is 11.4 Å². The maximum Gasteiger partial charge on any atom is 0.227 e. The Morgan fingerprint density at radius 2 is 1.87 bits per heavy atom. The summed E-state index contributed by atoms with van der Waals surface area (Å²) in [5.74, 6) is 0.461. The third kappa shape index (κ3) is 3.70. The Hall–Kier alpha value is -2.08. The SMILES string of the molecule is Cc1cc(Cl)cc2c1OC1(CCN(C(=O)C3CC(=O)N(C(C)(C)C)C3)CC1)CC2=O. The molecule has 0 aromatic heterocycles. The molecule has 1 aromatic carbocycles. The van der Waals surface area contributed by atoms with Gasteiger partial charge in [-0.3, -0.25) is 14.4 Å². The number of halogens is 1. The minimum atomic E-state index is -0.567. The Balaban J connectivity index is 1.44. The van der Waals surface area contributed by atoms with E-state index >= 15 is 0 Å². The van der Waals surface area contributed by atoms with Crippen molar-refractivity contribution in [2.75, 3.05) is 19.6 Å². The molecule has 30 heavy (non-hydrogen) atoms. The van der Waals surface area contributed by atoms with Crippen LogP contribution in [0.5, 0.6) is 5.75 Å². The number of carbonyl (C=O) groups excluding carboxylic acids is 3. The monoisotopic (exact) mass is 432 g/mol. The van der Waals surface area contributed by atoms with E-state index in [1.54, 1.807) is 11.0 Å². The summed E-state index contributed by atoms with van der Waals surface area (Å²) in [6, 6.07) is 3.49. The summed E-state index contributed by atoms with van der Waals surface area (Å²) in [6.45, 7) is 9.42. The first-order valence-electron chi connectivity index (χ1n) is 10.6. The van der Waals surface area contributed by atoms with Gasteiger partial charge in [0, 0.05) is 49.5 Å². The van der Waals surface area contributed by atoms with Crippen molar-refractivity contribution in [3.8, 4) is 5.75 Å². The van der Waals surface area contributed by atoms with Gasteiger partial charge in [-0.1, -0.05) is 11.6 Å². The lowest BCUT2D eigenvalue weighted by molar-refractivity contribution is -0.139. The van der Waals surface area contributed by atoms with Crippen molar-refractivity contribution in [1.29, 1.82) is 0 Å². The lowest BCUT2D eigenvalue weighted by Crippen LogP contribution is -2.53. The number of carbonyl (C=O) groups is 3. The molecule has 1 aromatic rings. The summed E-state index contributed by atoms with van der Waals surface area (Å²) < 4.78 is 6.37. The molecule has 2 fully saturated rings. The molecule has 6 nitrogen and oxygen atoms in total. The van der Waals surface area contributed by atoms with E-state index < -0.39 is 5.60 Å². The highest BCUT2D eigenvalue weighted by Crippen LogP contribution is 2.42. The number of likely N-dealkylation sites (tertiary alicyclic amines) is 2. The van der Waals surface area contributed by atoms with Crippen molar-refractivity contribution in [1.82, 2.24) is 9.80 Å². The second-order valence-electron chi connectivity index (χ2n) is 9.89. The van der Waals surface area contributed by atoms with Gasteiger partial charge in [0.05, 0.1) is 17.9 Å². The molecule has 0 bridgehead atoms. The van der Waals surface area contributed by atoms with E-state index in [2.05, 4.69) is 0 Å². The number of Topliss-reactive ketones (excluding diaryl/α,β-unsaturated/α-hetero) is 1. The van der Waals surface area contributed by atoms with Gasteiger partial charge in [-0.2, -0.15) is 0 Å². The van der Waals surface area contributed by atoms with E-state index in [4.69, 9.17) is 16.3 Å². The van der Waals surface area contributed by atoms with E-state index in [9.17, 15) is 14.4 Å².